The molecule has 1 aromatic carbocycles. The van der Waals surface area contributed by atoms with Gasteiger partial charge in [0.05, 0.1) is 0 Å². The Balaban J connectivity index is 1.83. The Kier molecular flexibility index (Phi) is 5.77. The number of aliphatic hydroxyl groups is 1. The standard InChI is InChI=1S/C16H19NO2S/c18-11-9-13(15-7-4-12-20-15)8-10-17-16(19)14-5-2-1-3-6-14/h1-7,12-13,18H,8-11H2,(H,17,19)/t13-/m0/s1. The molecule has 106 valence electrons. The van der Waals surface area contributed by atoms with E-state index in [1.54, 1.807) is 23.5 Å². The number of nitrogens with one attached hydrogen (secondary N) is 1. The van der Waals surface area contributed by atoms with Crippen LogP contribution in [0.15, 0.2) is 47.8 Å². The van der Waals surface area contributed by atoms with Gasteiger partial charge >= 0.3 is 0 Å². The number of aliphatic hydroxyl groups excluding tert-OH is 1. The van der Waals surface area contributed by atoms with Crippen LogP contribution < -0.4 is 5.32 Å². The predicted molar refractivity (Wildman–Crippen MR) is 82.2 cm³/mol. The van der Waals surface area contributed by atoms with E-state index in [0.29, 0.717) is 18.0 Å². The summed E-state index contributed by atoms with van der Waals surface area (Å²) in [7, 11) is 0. The molecular formula is C16H19NO2S. The lowest BCUT2D eigenvalue weighted by Crippen LogP contribution is -2.25. The van der Waals surface area contributed by atoms with Gasteiger partial charge in [0.1, 0.15) is 0 Å². The molecule has 4 heteroatoms. The minimum absolute atomic E-state index is 0.0421. The molecule has 0 aliphatic carbocycles. The molecule has 0 bridgehead atoms. The van der Waals surface area contributed by atoms with Gasteiger partial charge in [-0.25, -0.2) is 0 Å². The fraction of sp³-hybridized carbons (Fsp3) is 0.312. The first-order chi connectivity index (χ1) is 9.81. The molecule has 0 saturated carbocycles. The van der Waals surface area contributed by atoms with Gasteiger partial charge in [-0.15, -0.1) is 11.3 Å². The lowest BCUT2D eigenvalue weighted by atomic mass is 10.00. The molecule has 0 fully saturated rings. The average molecular weight is 289 g/mol. The maximum Gasteiger partial charge on any atom is 0.251 e. The van der Waals surface area contributed by atoms with Crippen LogP contribution in [0.3, 0.4) is 0 Å². The van der Waals surface area contributed by atoms with Crippen molar-refractivity contribution in [3.05, 3.63) is 58.3 Å². The van der Waals surface area contributed by atoms with E-state index in [4.69, 9.17) is 5.11 Å². The topological polar surface area (TPSA) is 49.3 Å². The second-order valence-electron chi connectivity index (χ2n) is 4.64. The van der Waals surface area contributed by atoms with Crippen molar-refractivity contribution < 1.29 is 9.90 Å². The minimum Gasteiger partial charge on any atom is -0.396 e. The van der Waals surface area contributed by atoms with Crippen molar-refractivity contribution in [2.24, 2.45) is 0 Å². The van der Waals surface area contributed by atoms with Gasteiger partial charge in [-0.05, 0) is 42.3 Å². The summed E-state index contributed by atoms with van der Waals surface area (Å²) in [5.74, 6) is 0.274. The summed E-state index contributed by atoms with van der Waals surface area (Å²) >= 11 is 1.70. The van der Waals surface area contributed by atoms with Crippen LogP contribution in [0.1, 0.15) is 34.0 Å². The molecule has 1 heterocycles. The van der Waals surface area contributed by atoms with E-state index < -0.39 is 0 Å². The number of carbonyl (C=O) groups excluding carboxylic acids is 1. The van der Waals surface area contributed by atoms with Crippen LogP contribution in [-0.2, 0) is 0 Å². The Labute approximate surface area is 123 Å². The SMILES string of the molecule is O=C(NCC[C@@H](CCO)c1cccs1)c1ccccc1. The molecule has 0 aliphatic rings. The van der Waals surface area contributed by atoms with Crippen LogP contribution in [-0.4, -0.2) is 24.2 Å². The molecule has 0 unspecified atom stereocenters. The number of rotatable bonds is 7. The first-order valence-corrected chi connectivity index (χ1v) is 7.66. The zero-order valence-electron chi connectivity index (χ0n) is 11.3. The summed E-state index contributed by atoms with van der Waals surface area (Å²) in [6, 6.07) is 13.3. The number of thiophene rings is 1. The molecule has 2 rings (SSSR count). The molecule has 3 nitrogen and oxygen atoms in total. The van der Waals surface area contributed by atoms with Crippen LogP contribution in [0.25, 0.3) is 0 Å². The van der Waals surface area contributed by atoms with Crippen LogP contribution >= 0.6 is 11.3 Å². The van der Waals surface area contributed by atoms with Crippen molar-refractivity contribution in [1.82, 2.24) is 5.32 Å². The Morgan fingerprint density at radius 3 is 2.60 bits per heavy atom. The number of carbonyl (C=O) groups is 1. The predicted octanol–water partition coefficient (Wildman–Crippen LogP) is 3.03. The third kappa shape index (κ3) is 4.18. The third-order valence-corrected chi connectivity index (χ3v) is 4.27. The lowest BCUT2D eigenvalue weighted by Gasteiger charge is -2.14. The summed E-state index contributed by atoms with van der Waals surface area (Å²) in [5, 5.41) is 14.1. The minimum atomic E-state index is -0.0421. The van der Waals surface area contributed by atoms with E-state index in [2.05, 4.69) is 11.4 Å². The smallest absolute Gasteiger partial charge is 0.251 e. The lowest BCUT2D eigenvalue weighted by molar-refractivity contribution is 0.0952. The molecule has 1 aromatic heterocycles. The Morgan fingerprint density at radius 2 is 1.95 bits per heavy atom. The second kappa shape index (κ2) is 7.82. The number of hydrogen-bond acceptors (Lipinski definition) is 3. The molecule has 20 heavy (non-hydrogen) atoms. The van der Waals surface area contributed by atoms with E-state index in [1.165, 1.54) is 4.88 Å². The molecule has 2 aromatic rings. The first-order valence-electron chi connectivity index (χ1n) is 6.78. The van der Waals surface area contributed by atoms with E-state index in [1.807, 2.05) is 29.6 Å². The fourth-order valence-corrected chi connectivity index (χ4v) is 3.06. The zero-order chi connectivity index (χ0) is 14.2. The number of hydrogen-bond donors (Lipinski definition) is 2. The first kappa shape index (κ1) is 14.8. The molecule has 0 aliphatic heterocycles. The highest BCUT2D eigenvalue weighted by molar-refractivity contribution is 7.10. The van der Waals surface area contributed by atoms with Crippen LogP contribution in [0.4, 0.5) is 0 Å². The highest BCUT2D eigenvalue weighted by Crippen LogP contribution is 2.26. The summed E-state index contributed by atoms with van der Waals surface area (Å²) in [4.78, 5) is 13.2. The largest absolute Gasteiger partial charge is 0.396 e. The highest BCUT2D eigenvalue weighted by Gasteiger charge is 2.12. The number of amides is 1. The molecule has 0 radical (unpaired) electrons. The van der Waals surface area contributed by atoms with Gasteiger partial charge < -0.3 is 10.4 Å². The van der Waals surface area contributed by atoms with Crippen LogP contribution in [0.2, 0.25) is 0 Å². The summed E-state index contributed by atoms with van der Waals surface area (Å²) in [5.41, 5.74) is 0.683. The van der Waals surface area contributed by atoms with E-state index >= 15 is 0 Å². The Hall–Kier alpha value is -1.65. The fourth-order valence-electron chi connectivity index (χ4n) is 2.16. The quantitative estimate of drug-likeness (QED) is 0.823. The van der Waals surface area contributed by atoms with Gasteiger partial charge in [-0.2, -0.15) is 0 Å². The molecular weight excluding hydrogens is 270 g/mol. The van der Waals surface area contributed by atoms with Gasteiger partial charge in [0.2, 0.25) is 0 Å². The molecule has 1 atom stereocenters. The zero-order valence-corrected chi connectivity index (χ0v) is 12.1. The molecule has 2 N–H and O–H groups in total. The monoisotopic (exact) mass is 289 g/mol. The van der Waals surface area contributed by atoms with Crippen molar-refractivity contribution in [2.45, 2.75) is 18.8 Å². The maximum absolute atomic E-state index is 11.9. The summed E-state index contributed by atoms with van der Waals surface area (Å²) < 4.78 is 0. The van der Waals surface area contributed by atoms with Crippen molar-refractivity contribution in [1.29, 1.82) is 0 Å². The Morgan fingerprint density at radius 1 is 1.15 bits per heavy atom. The van der Waals surface area contributed by atoms with E-state index in [9.17, 15) is 4.79 Å². The summed E-state index contributed by atoms with van der Waals surface area (Å²) in [6.45, 7) is 0.797. The average Bonchev–Trinajstić information content (AvgIpc) is 3.01. The summed E-state index contributed by atoms with van der Waals surface area (Å²) in [6.07, 6.45) is 1.58. The normalized spacial score (nSPS) is 12.1. The van der Waals surface area contributed by atoms with Crippen LogP contribution in [0.5, 0.6) is 0 Å². The van der Waals surface area contributed by atoms with Gasteiger partial charge in [-0.1, -0.05) is 24.3 Å². The third-order valence-electron chi connectivity index (χ3n) is 3.24. The van der Waals surface area contributed by atoms with Gasteiger partial charge in [0, 0.05) is 23.6 Å². The van der Waals surface area contributed by atoms with Crippen LogP contribution in [0, 0.1) is 0 Å². The molecule has 0 saturated heterocycles. The van der Waals surface area contributed by atoms with Crippen molar-refractivity contribution in [3.63, 3.8) is 0 Å². The second-order valence-corrected chi connectivity index (χ2v) is 5.61. The molecule has 0 spiro atoms. The van der Waals surface area contributed by atoms with Crippen molar-refractivity contribution in [3.8, 4) is 0 Å². The highest BCUT2D eigenvalue weighted by atomic mass is 32.1. The number of benzene rings is 1. The molecule has 1 amide bonds. The van der Waals surface area contributed by atoms with Crippen molar-refractivity contribution in [2.75, 3.05) is 13.2 Å². The van der Waals surface area contributed by atoms with Gasteiger partial charge in [-0.3, -0.25) is 4.79 Å². The maximum atomic E-state index is 11.9. The Bertz CT molecular complexity index is 511. The van der Waals surface area contributed by atoms with E-state index in [-0.39, 0.29) is 12.5 Å². The van der Waals surface area contributed by atoms with E-state index in [0.717, 1.165) is 12.8 Å². The van der Waals surface area contributed by atoms with Gasteiger partial charge in [0.25, 0.3) is 5.91 Å². The van der Waals surface area contributed by atoms with Gasteiger partial charge in [0.15, 0.2) is 0 Å². The van der Waals surface area contributed by atoms with Crippen molar-refractivity contribution >= 4 is 17.2 Å².